The minimum atomic E-state index is 0.0147. The maximum atomic E-state index is 12.4. The minimum Gasteiger partial charge on any atom is -0.293 e. The molecule has 3 nitrogen and oxygen atoms in total. The first-order valence-electron chi connectivity index (χ1n) is 5.71. The standard InChI is InChI=1S/C12H16N2O/c1-8-10-9(14(2)13-8)4-7-12(11(10)15)5-3-6-12/h3-7H2,1-2H3. The van der Waals surface area contributed by atoms with Crippen LogP contribution in [0.15, 0.2) is 0 Å². The monoisotopic (exact) mass is 204 g/mol. The van der Waals surface area contributed by atoms with E-state index in [4.69, 9.17) is 0 Å². The van der Waals surface area contributed by atoms with E-state index in [9.17, 15) is 4.79 Å². The number of aryl methyl sites for hydroxylation is 2. The van der Waals surface area contributed by atoms with Crippen molar-refractivity contribution < 1.29 is 4.79 Å². The van der Waals surface area contributed by atoms with Crippen molar-refractivity contribution in [1.82, 2.24) is 9.78 Å². The summed E-state index contributed by atoms with van der Waals surface area (Å²) in [5, 5.41) is 4.36. The first-order chi connectivity index (χ1) is 7.14. The number of Topliss-reactive ketones (excluding diaryl/α,β-unsaturated/α-hetero) is 1. The van der Waals surface area contributed by atoms with E-state index in [1.165, 1.54) is 6.42 Å². The summed E-state index contributed by atoms with van der Waals surface area (Å²) in [7, 11) is 1.94. The number of nitrogens with zero attached hydrogens (tertiary/aromatic N) is 2. The smallest absolute Gasteiger partial charge is 0.172 e. The fourth-order valence-corrected chi connectivity index (χ4v) is 3.11. The Morgan fingerprint density at radius 2 is 2.07 bits per heavy atom. The van der Waals surface area contributed by atoms with Gasteiger partial charge in [-0.15, -0.1) is 0 Å². The van der Waals surface area contributed by atoms with Gasteiger partial charge >= 0.3 is 0 Å². The number of ketones is 1. The number of rotatable bonds is 0. The van der Waals surface area contributed by atoms with Crippen LogP contribution in [-0.4, -0.2) is 15.6 Å². The molecule has 0 aromatic carbocycles. The van der Waals surface area contributed by atoms with Gasteiger partial charge in [-0.2, -0.15) is 5.10 Å². The molecule has 0 N–H and O–H groups in total. The van der Waals surface area contributed by atoms with E-state index < -0.39 is 0 Å². The van der Waals surface area contributed by atoms with Crippen LogP contribution in [0.5, 0.6) is 0 Å². The van der Waals surface area contributed by atoms with Gasteiger partial charge < -0.3 is 0 Å². The van der Waals surface area contributed by atoms with E-state index in [0.29, 0.717) is 5.78 Å². The molecular weight excluding hydrogens is 188 g/mol. The summed E-state index contributed by atoms with van der Waals surface area (Å²) in [6.07, 6.45) is 5.48. The van der Waals surface area contributed by atoms with Gasteiger partial charge in [0, 0.05) is 18.2 Å². The van der Waals surface area contributed by atoms with Crippen molar-refractivity contribution in [3.8, 4) is 0 Å². The van der Waals surface area contributed by atoms with Crippen LogP contribution in [0.2, 0.25) is 0 Å². The van der Waals surface area contributed by atoms with Crippen LogP contribution in [-0.2, 0) is 13.5 Å². The molecule has 0 saturated heterocycles. The van der Waals surface area contributed by atoms with E-state index in [1.54, 1.807) is 0 Å². The highest BCUT2D eigenvalue weighted by Crippen LogP contribution is 2.50. The molecule has 80 valence electrons. The number of carbonyl (C=O) groups excluding carboxylic acids is 1. The molecule has 0 unspecified atom stereocenters. The molecule has 2 aliphatic carbocycles. The molecule has 3 rings (SSSR count). The highest BCUT2D eigenvalue weighted by molar-refractivity contribution is 6.03. The average molecular weight is 204 g/mol. The number of carbonyl (C=O) groups is 1. The van der Waals surface area contributed by atoms with Crippen molar-refractivity contribution >= 4 is 5.78 Å². The second-order valence-corrected chi connectivity index (χ2v) is 4.99. The van der Waals surface area contributed by atoms with Gasteiger partial charge in [0.25, 0.3) is 0 Å². The largest absolute Gasteiger partial charge is 0.293 e. The summed E-state index contributed by atoms with van der Waals surface area (Å²) >= 11 is 0. The SMILES string of the molecule is Cc1nn(C)c2c1C(=O)C1(CCC1)CC2. The van der Waals surface area contributed by atoms with Gasteiger partial charge in [0.1, 0.15) is 0 Å². The van der Waals surface area contributed by atoms with Crippen LogP contribution >= 0.6 is 0 Å². The van der Waals surface area contributed by atoms with Gasteiger partial charge in [0.15, 0.2) is 5.78 Å². The van der Waals surface area contributed by atoms with Crippen LogP contribution in [0.3, 0.4) is 0 Å². The molecule has 0 radical (unpaired) electrons. The summed E-state index contributed by atoms with van der Waals surface area (Å²) < 4.78 is 1.88. The van der Waals surface area contributed by atoms with Crippen molar-refractivity contribution in [2.24, 2.45) is 12.5 Å². The van der Waals surface area contributed by atoms with E-state index in [0.717, 1.165) is 42.6 Å². The Balaban J connectivity index is 2.13. The van der Waals surface area contributed by atoms with Gasteiger partial charge in [-0.05, 0) is 32.6 Å². The Hall–Kier alpha value is -1.12. The van der Waals surface area contributed by atoms with Gasteiger partial charge in [0.05, 0.1) is 11.3 Å². The molecule has 1 heterocycles. The van der Waals surface area contributed by atoms with Crippen molar-refractivity contribution in [1.29, 1.82) is 0 Å². The van der Waals surface area contributed by atoms with Crippen molar-refractivity contribution in [3.63, 3.8) is 0 Å². The first kappa shape index (κ1) is 9.13. The lowest BCUT2D eigenvalue weighted by atomic mass is 9.59. The third-order valence-electron chi connectivity index (χ3n) is 4.20. The fourth-order valence-electron chi connectivity index (χ4n) is 3.11. The third kappa shape index (κ3) is 1.01. The molecule has 0 bridgehead atoms. The van der Waals surface area contributed by atoms with Gasteiger partial charge in [-0.3, -0.25) is 9.48 Å². The normalized spacial score (nSPS) is 22.7. The maximum Gasteiger partial charge on any atom is 0.172 e. The second-order valence-electron chi connectivity index (χ2n) is 4.99. The predicted molar refractivity (Wildman–Crippen MR) is 56.9 cm³/mol. The second kappa shape index (κ2) is 2.71. The van der Waals surface area contributed by atoms with E-state index in [2.05, 4.69) is 5.10 Å². The topological polar surface area (TPSA) is 34.9 Å². The van der Waals surface area contributed by atoms with Crippen molar-refractivity contribution in [3.05, 3.63) is 17.0 Å². The molecule has 0 amide bonds. The van der Waals surface area contributed by atoms with Crippen LogP contribution in [0.4, 0.5) is 0 Å². The molecule has 0 atom stereocenters. The first-order valence-corrected chi connectivity index (χ1v) is 5.71. The van der Waals surface area contributed by atoms with Crippen molar-refractivity contribution in [2.75, 3.05) is 0 Å². The highest BCUT2D eigenvalue weighted by Gasteiger charge is 2.48. The summed E-state index contributed by atoms with van der Waals surface area (Å²) in [5.74, 6) is 0.376. The molecule has 0 aliphatic heterocycles. The average Bonchev–Trinajstić information content (AvgIpc) is 2.41. The Morgan fingerprint density at radius 3 is 2.67 bits per heavy atom. The zero-order valence-corrected chi connectivity index (χ0v) is 9.34. The zero-order chi connectivity index (χ0) is 10.6. The molecule has 1 aromatic rings. The maximum absolute atomic E-state index is 12.4. The fraction of sp³-hybridized carbons (Fsp3) is 0.667. The lowest BCUT2D eigenvalue weighted by molar-refractivity contribution is 0.0551. The number of aromatic nitrogens is 2. The Bertz CT molecular complexity index is 441. The van der Waals surface area contributed by atoms with Crippen LogP contribution in [0.25, 0.3) is 0 Å². The zero-order valence-electron chi connectivity index (χ0n) is 9.34. The Morgan fingerprint density at radius 1 is 1.33 bits per heavy atom. The number of fused-ring (bicyclic) bond motifs is 1. The molecule has 2 aliphatic rings. The Labute approximate surface area is 89.5 Å². The summed E-state index contributed by atoms with van der Waals surface area (Å²) in [5.41, 5.74) is 3.02. The summed E-state index contributed by atoms with van der Waals surface area (Å²) in [6.45, 7) is 1.95. The number of hydrogen-bond donors (Lipinski definition) is 0. The van der Waals surface area contributed by atoms with Crippen LogP contribution < -0.4 is 0 Å². The van der Waals surface area contributed by atoms with Crippen LogP contribution in [0, 0.1) is 12.3 Å². The molecule has 1 spiro atoms. The summed E-state index contributed by atoms with van der Waals surface area (Å²) in [6, 6.07) is 0. The molecular formula is C12H16N2O. The van der Waals surface area contributed by atoms with E-state index in [1.807, 2.05) is 18.7 Å². The van der Waals surface area contributed by atoms with Gasteiger partial charge in [-0.25, -0.2) is 0 Å². The number of hydrogen-bond acceptors (Lipinski definition) is 2. The predicted octanol–water partition coefficient (Wildman–Crippen LogP) is 2.03. The molecule has 1 saturated carbocycles. The molecule has 1 fully saturated rings. The lowest BCUT2D eigenvalue weighted by Gasteiger charge is -2.43. The lowest BCUT2D eigenvalue weighted by Crippen LogP contribution is -2.41. The van der Waals surface area contributed by atoms with Gasteiger partial charge in [0.2, 0.25) is 0 Å². The molecule has 15 heavy (non-hydrogen) atoms. The molecule has 1 aromatic heterocycles. The quantitative estimate of drug-likeness (QED) is 0.648. The van der Waals surface area contributed by atoms with E-state index in [-0.39, 0.29) is 5.41 Å². The van der Waals surface area contributed by atoms with Crippen molar-refractivity contribution in [2.45, 2.75) is 39.0 Å². The van der Waals surface area contributed by atoms with Crippen LogP contribution in [0.1, 0.15) is 47.4 Å². The minimum absolute atomic E-state index is 0.0147. The highest BCUT2D eigenvalue weighted by atomic mass is 16.1. The van der Waals surface area contributed by atoms with Gasteiger partial charge in [-0.1, -0.05) is 6.42 Å². The van der Waals surface area contributed by atoms with E-state index >= 15 is 0 Å². The summed E-state index contributed by atoms with van der Waals surface area (Å²) in [4.78, 5) is 12.4. The molecule has 3 heteroatoms. The Kier molecular flexibility index (Phi) is 1.65. The third-order valence-corrected chi connectivity index (χ3v) is 4.20.